The molecule has 1 N–H and O–H groups in total. The molecule has 0 aliphatic heterocycles. The minimum Gasteiger partial charge on any atom is -0.380 e. The molecule has 1 heterocycles. The fraction of sp³-hybridized carbons (Fsp3) is 0.269. The standard InChI is InChI=1S/C26H28N2S2/c1-3-27-25(29-22-13-6-5-7-14-22)18-20-11-10-12-21(17-20)19-26-28(4-2)23-15-8-9-16-24(23)30-26/h5-9,13-19H,3-4,10-12H2,1-2H3/p+1. The van der Waals surface area contributed by atoms with Crippen molar-refractivity contribution in [1.82, 2.24) is 5.32 Å². The number of thiazole rings is 1. The zero-order valence-corrected chi connectivity index (χ0v) is 19.4. The molecule has 1 aliphatic rings. The van der Waals surface area contributed by atoms with E-state index < -0.39 is 0 Å². The van der Waals surface area contributed by atoms with E-state index in [0.29, 0.717) is 0 Å². The molecule has 30 heavy (non-hydrogen) atoms. The van der Waals surface area contributed by atoms with E-state index in [4.69, 9.17) is 0 Å². The molecule has 0 fully saturated rings. The lowest BCUT2D eigenvalue weighted by molar-refractivity contribution is -0.665. The highest BCUT2D eigenvalue weighted by atomic mass is 32.2. The zero-order chi connectivity index (χ0) is 20.8. The Morgan fingerprint density at radius 2 is 1.87 bits per heavy atom. The first-order valence-corrected chi connectivity index (χ1v) is 12.4. The topological polar surface area (TPSA) is 15.9 Å². The molecule has 0 radical (unpaired) electrons. The number of aryl methyl sites for hydroxylation is 1. The third-order valence-corrected chi connectivity index (χ3v) is 7.30. The molecule has 2 aromatic carbocycles. The number of thioether (sulfide) groups is 1. The average Bonchev–Trinajstić information content (AvgIpc) is 3.12. The van der Waals surface area contributed by atoms with E-state index in [1.54, 1.807) is 0 Å². The van der Waals surface area contributed by atoms with Gasteiger partial charge in [-0.25, -0.2) is 0 Å². The first-order chi connectivity index (χ1) is 14.8. The second kappa shape index (κ2) is 10.1. The van der Waals surface area contributed by atoms with Gasteiger partial charge in [-0.3, -0.25) is 0 Å². The molecule has 1 aromatic heterocycles. The van der Waals surface area contributed by atoms with E-state index in [0.717, 1.165) is 25.9 Å². The van der Waals surface area contributed by atoms with Gasteiger partial charge in [0, 0.05) is 23.6 Å². The Morgan fingerprint density at radius 3 is 2.67 bits per heavy atom. The first kappa shape index (κ1) is 21.0. The summed E-state index contributed by atoms with van der Waals surface area (Å²) in [7, 11) is 0. The number of para-hydroxylation sites is 1. The van der Waals surface area contributed by atoms with Crippen LogP contribution in [0.5, 0.6) is 0 Å². The second-order valence-electron chi connectivity index (χ2n) is 7.40. The van der Waals surface area contributed by atoms with Crippen molar-refractivity contribution in [3.05, 3.63) is 87.9 Å². The van der Waals surface area contributed by atoms with E-state index in [1.807, 2.05) is 23.1 Å². The van der Waals surface area contributed by atoms with Crippen molar-refractivity contribution in [1.29, 1.82) is 0 Å². The summed E-state index contributed by atoms with van der Waals surface area (Å²) >= 11 is 3.70. The molecule has 0 amide bonds. The fourth-order valence-electron chi connectivity index (χ4n) is 3.83. The Kier molecular flexibility index (Phi) is 7.08. The summed E-state index contributed by atoms with van der Waals surface area (Å²) in [5.74, 6) is 0. The van der Waals surface area contributed by atoms with E-state index in [-0.39, 0.29) is 0 Å². The molecule has 0 unspecified atom stereocenters. The van der Waals surface area contributed by atoms with Crippen LogP contribution < -0.4 is 9.88 Å². The summed E-state index contributed by atoms with van der Waals surface area (Å²) < 4.78 is 3.79. The molecule has 154 valence electrons. The Balaban J connectivity index is 1.62. The van der Waals surface area contributed by atoms with Gasteiger partial charge in [-0.2, -0.15) is 4.57 Å². The molecule has 2 nitrogen and oxygen atoms in total. The van der Waals surface area contributed by atoms with Gasteiger partial charge in [0.2, 0.25) is 5.52 Å². The summed E-state index contributed by atoms with van der Waals surface area (Å²) in [6.07, 6.45) is 10.6. The van der Waals surface area contributed by atoms with Crippen LogP contribution >= 0.6 is 23.1 Å². The molecule has 0 bridgehead atoms. The largest absolute Gasteiger partial charge is 0.380 e. The lowest BCUT2D eigenvalue weighted by atomic mass is 9.95. The molecular formula is C26H29N2S2+. The average molecular weight is 434 g/mol. The van der Waals surface area contributed by atoms with Gasteiger partial charge in [0.1, 0.15) is 11.2 Å². The number of hydrogen-bond donors (Lipinski definition) is 1. The first-order valence-electron chi connectivity index (χ1n) is 10.8. The van der Waals surface area contributed by atoms with Gasteiger partial charge in [-0.05, 0) is 68.5 Å². The van der Waals surface area contributed by atoms with Gasteiger partial charge in [-0.15, -0.1) is 0 Å². The predicted octanol–water partition coefficient (Wildman–Crippen LogP) is 6.95. The summed E-state index contributed by atoms with van der Waals surface area (Å²) in [4.78, 5) is 1.27. The van der Waals surface area contributed by atoms with E-state index in [1.165, 1.54) is 42.7 Å². The zero-order valence-electron chi connectivity index (χ0n) is 17.7. The molecule has 0 saturated heterocycles. The Morgan fingerprint density at radius 1 is 1.07 bits per heavy atom. The maximum Gasteiger partial charge on any atom is 0.263 e. The Labute approximate surface area is 188 Å². The number of rotatable bonds is 7. The van der Waals surface area contributed by atoms with Gasteiger partial charge >= 0.3 is 0 Å². The maximum absolute atomic E-state index is 3.54. The van der Waals surface area contributed by atoms with Crippen LogP contribution in [0.4, 0.5) is 0 Å². The normalized spacial score (nSPS) is 16.1. The van der Waals surface area contributed by atoms with E-state index in [9.17, 15) is 0 Å². The molecule has 4 rings (SSSR count). The Bertz CT molecular complexity index is 1090. The van der Waals surface area contributed by atoms with Crippen molar-refractivity contribution in [2.75, 3.05) is 6.54 Å². The quantitative estimate of drug-likeness (QED) is 0.321. The SMILES string of the molecule is CCN/C(=C/C1=CC(=C/c2sc3ccccc3[n+]2CC)/CCC1)Sc1ccccc1. The monoisotopic (exact) mass is 433 g/mol. The van der Waals surface area contributed by atoms with E-state index in [2.05, 4.69) is 96.6 Å². The predicted molar refractivity (Wildman–Crippen MR) is 132 cm³/mol. The molecule has 4 heteroatoms. The van der Waals surface area contributed by atoms with Gasteiger partial charge in [-0.1, -0.05) is 59.5 Å². The van der Waals surface area contributed by atoms with Crippen molar-refractivity contribution in [3.8, 4) is 0 Å². The van der Waals surface area contributed by atoms with Crippen molar-refractivity contribution in [2.45, 2.75) is 44.6 Å². The maximum atomic E-state index is 3.54. The number of nitrogens with zero attached hydrogens (tertiary/aromatic N) is 1. The van der Waals surface area contributed by atoms with E-state index >= 15 is 0 Å². The Hall–Kier alpha value is -2.30. The van der Waals surface area contributed by atoms with Crippen LogP contribution in [0.25, 0.3) is 16.3 Å². The number of allylic oxidation sites excluding steroid dienone is 4. The number of hydrogen-bond acceptors (Lipinski definition) is 3. The van der Waals surface area contributed by atoms with Crippen LogP contribution in [-0.2, 0) is 6.54 Å². The smallest absolute Gasteiger partial charge is 0.263 e. The van der Waals surface area contributed by atoms with Crippen LogP contribution in [0.3, 0.4) is 0 Å². The third-order valence-electron chi connectivity index (χ3n) is 5.20. The van der Waals surface area contributed by atoms with Crippen molar-refractivity contribution < 1.29 is 4.57 Å². The van der Waals surface area contributed by atoms with Crippen LogP contribution in [-0.4, -0.2) is 6.54 Å². The van der Waals surface area contributed by atoms with Gasteiger partial charge in [0.25, 0.3) is 5.01 Å². The second-order valence-corrected chi connectivity index (χ2v) is 9.58. The summed E-state index contributed by atoms with van der Waals surface area (Å²) in [5.41, 5.74) is 4.18. The molecule has 1 aliphatic carbocycles. The number of nitrogens with one attached hydrogen (secondary N) is 1. The minimum atomic E-state index is 0.930. The van der Waals surface area contributed by atoms with Crippen LogP contribution in [0.2, 0.25) is 0 Å². The number of aromatic nitrogens is 1. The lowest BCUT2D eigenvalue weighted by Gasteiger charge is -2.15. The fourth-order valence-corrected chi connectivity index (χ4v) is 6.00. The van der Waals surface area contributed by atoms with Gasteiger partial charge < -0.3 is 5.32 Å². The molecule has 3 aromatic rings. The number of benzene rings is 2. The molecule has 0 spiro atoms. The lowest BCUT2D eigenvalue weighted by Crippen LogP contribution is -2.33. The van der Waals surface area contributed by atoms with Crippen LogP contribution in [0.1, 0.15) is 38.1 Å². The van der Waals surface area contributed by atoms with Crippen molar-refractivity contribution in [2.24, 2.45) is 0 Å². The highest BCUT2D eigenvalue weighted by Gasteiger charge is 2.18. The van der Waals surface area contributed by atoms with Gasteiger partial charge in [0.15, 0.2) is 0 Å². The molecular weight excluding hydrogens is 404 g/mol. The van der Waals surface area contributed by atoms with Crippen molar-refractivity contribution in [3.63, 3.8) is 0 Å². The van der Waals surface area contributed by atoms with Crippen molar-refractivity contribution >= 4 is 39.4 Å². The summed E-state index contributed by atoms with van der Waals surface area (Å²) in [5, 5.41) is 6.11. The van der Waals surface area contributed by atoms with Crippen LogP contribution in [0, 0.1) is 0 Å². The summed E-state index contributed by atoms with van der Waals surface area (Å²) in [6, 6.07) is 19.3. The highest BCUT2D eigenvalue weighted by molar-refractivity contribution is 8.03. The van der Waals surface area contributed by atoms with Crippen LogP contribution in [0.15, 0.2) is 87.8 Å². The molecule has 0 atom stereocenters. The number of fused-ring (bicyclic) bond motifs is 1. The molecule has 0 saturated carbocycles. The minimum absolute atomic E-state index is 0.930. The summed E-state index contributed by atoms with van der Waals surface area (Å²) in [6.45, 7) is 6.32. The third kappa shape index (κ3) is 5.05. The van der Waals surface area contributed by atoms with Gasteiger partial charge in [0.05, 0.1) is 5.03 Å². The highest BCUT2D eigenvalue weighted by Crippen LogP contribution is 2.31.